The van der Waals surface area contributed by atoms with Gasteiger partial charge in [0.2, 0.25) is 0 Å². The molecule has 3 rings (SSSR count). The second-order valence-electron chi connectivity index (χ2n) is 7.93. The predicted molar refractivity (Wildman–Crippen MR) is 101 cm³/mol. The minimum Gasteiger partial charge on any atom is -0.494 e. The Hall–Kier alpha value is -1.06. The largest absolute Gasteiger partial charge is 0.494 e. The number of ether oxygens (including phenoxy) is 1. The van der Waals surface area contributed by atoms with Gasteiger partial charge in [-0.3, -0.25) is 0 Å². The number of rotatable bonds is 6. The highest BCUT2D eigenvalue weighted by molar-refractivity contribution is 5.29. The van der Waals surface area contributed by atoms with E-state index in [4.69, 9.17) is 10.5 Å². The SMILES string of the molecule is C[C@H]1CCCN(CCCOc2ccc(C3CCC(N)CC3)cc2)C1. The molecule has 2 fully saturated rings. The van der Waals surface area contributed by atoms with Crippen LogP contribution >= 0.6 is 0 Å². The molecule has 1 aromatic carbocycles. The number of hydrogen-bond donors (Lipinski definition) is 1. The number of likely N-dealkylation sites (tertiary alicyclic amines) is 1. The fourth-order valence-electron chi connectivity index (χ4n) is 4.26. The Labute approximate surface area is 147 Å². The van der Waals surface area contributed by atoms with E-state index in [0.717, 1.165) is 37.5 Å². The molecule has 0 bridgehead atoms. The molecule has 1 atom stereocenters. The molecule has 0 unspecified atom stereocenters. The summed E-state index contributed by atoms with van der Waals surface area (Å²) in [6.07, 6.45) is 8.66. The quantitative estimate of drug-likeness (QED) is 0.796. The first-order valence-corrected chi connectivity index (χ1v) is 9.91. The molecule has 1 heterocycles. The lowest BCUT2D eigenvalue weighted by Gasteiger charge is -2.30. The summed E-state index contributed by atoms with van der Waals surface area (Å²) >= 11 is 0. The van der Waals surface area contributed by atoms with E-state index in [1.165, 1.54) is 50.9 Å². The van der Waals surface area contributed by atoms with E-state index in [1.807, 2.05) is 0 Å². The highest BCUT2D eigenvalue weighted by atomic mass is 16.5. The summed E-state index contributed by atoms with van der Waals surface area (Å²) in [6.45, 7) is 6.89. The Morgan fingerprint density at radius 1 is 1.08 bits per heavy atom. The summed E-state index contributed by atoms with van der Waals surface area (Å²) in [5.74, 6) is 2.57. The number of nitrogens with two attached hydrogens (primary N) is 1. The van der Waals surface area contributed by atoms with E-state index in [-0.39, 0.29) is 0 Å². The predicted octanol–water partition coefficient (Wildman–Crippen LogP) is 4.17. The van der Waals surface area contributed by atoms with Gasteiger partial charge in [0.15, 0.2) is 0 Å². The van der Waals surface area contributed by atoms with Crippen LogP contribution in [0.15, 0.2) is 24.3 Å². The van der Waals surface area contributed by atoms with Crippen molar-refractivity contribution in [1.29, 1.82) is 0 Å². The third kappa shape index (κ3) is 5.22. The molecule has 2 N–H and O–H groups in total. The molecule has 0 aromatic heterocycles. The molecular weight excluding hydrogens is 296 g/mol. The first-order valence-electron chi connectivity index (χ1n) is 9.91. The van der Waals surface area contributed by atoms with E-state index in [9.17, 15) is 0 Å². The maximum Gasteiger partial charge on any atom is 0.119 e. The van der Waals surface area contributed by atoms with Crippen molar-refractivity contribution in [2.45, 2.75) is 63.8 Å². The number of benzene rings is 1. The van der Waals surface area contributed by atoms with E-state index in [2.05, 4.69) is 36.1 Å². The van der Waals surface area contributed by atoms with Crippen LogP contribution in [0.25, 0.3) is 0 Å². The van der Waals surface area contributed by atoms with Gasteiger partial charge in [0.1, 0.15) is 5.75 Å². The molecule has 0 spiro atoms. The van der Waals surface area contributed by atoms with Crippen LogP contribution in [0.3, 0.4) is 0 Å². The highest BCUT2D eigenvalue weighted by Gasteiger charge is 2.20. The molecule has 0 amide bonds. The second kappa shape index (κ2) is 8.87. The van der Waals surface area contributed by atoms with E-state index >= 15 is 0 Å². The summed E-state index contributed by atoms with van der Waals surface area (Å²) < 4.78 is 5.94. The summed E-state index contributed by atoms with van der Waals surface area (Å²) in [5, 5.41) is 0. The van der Waals surface area contributed by atoms with E-state index in [0.29, 0.717) is 12.0 Å². The number of nitrogens with zero attached hydrogens (tertiary/aromatic N) is 1. The number of piperidine rings is 1. The summed E-state index contributed by atoms with van der Waals surface area (Å²) in [6, 6.07) is 9.22. The van der Waals surface area contributed by atoms with Gasteiger partial charge in [-0.15, -0.1) is 0 Å². The maximum atomic E-state index is 6.01. The molecule has 1 aliphatic heterocycles. The third-order valence-corrected chi connectivity index (χ3v) is 5.75. The van der Waals surface area contributed by atoms with Crippen LogP contribution < -0.4 is 10.5 Å². The normalized spacial score (nSPS) is 28.7. The van der Waals surface area contributed by atoms with Crippen molar-refractivity contribution in [3.63, 3.8) is 0 Å². The van der Waals surface area contributed by atoms with E-state index in [1.54, 1.807) is 0 Å². The van der Waals surface area contributed by atoms with Gasteiger partial charge in [0.25, 0.3) is 0 Å². The zero-order valence-electron chi connectivity index (χ0n) is 15.3. The Balaban J connectivity index is 1.37. The lowest BCUT2D eigenvalue weighted by atomic mass is 9.82. The summed E-state index contributed by atoms with van der Waals surface area (Å²) in [4.78, 5) is 2.59. The van der Waals surface area contributed by atoms with Gasteiger partial charge in [-0.1, -0.05) is 19.1 Å². The Kier molecular flexibility index (Phi) is 6.56. The molecule has 1 aromatic rings. The minimum atomic E-state index is 0.423. The van der Waals surface area contributed by atoms with Gasteiger partial charge in [-0.25, -0.2) is 0 Å². The molecule has 134 valence electrons. The van der Waals surface area contributed by atoms with Crippen molar-refractivity contribution in [3.8, 4) is 5.75 Å². The zero-order valence-corrected chi connectivity index (χ0v) is 15.3. The van der Waals surface area contributed by atoms with Gasteiger partial charge < -0.3 is 15.4 Å². The van der Waals surface area contributed by atoms with Crippen molar-refractivity contribution in [1.82, 2.24) is 4.90 Å². The topological polar surface area (TPSA) is 38.5 Å². The molecule has 3 nitrogen and oxygen atoms in total. The van der Waals surface area contributed by atoms with Crippen molar-refractivity contribution in [2.75, 3.05) is 26.2 Å². The fourth-order valence-corrected chi connectivity index (χ4v) is 4.26. The smallest absolute Gasteiger partial charge is 0.119 e. The van der Waals surface area contributed by atoms with Crippen LogP contribution in [0.5, 0.6) is 5.75 Å². The third-order valence-electron chi connectivity index (χ3n) is 5.75. The van der Waals surface area contributed by atoms with Crippen LogP contribution in [0, 0.1) is 5.92 Å². The second-order valence-corrected chi connectivity index (χ2v) is 7.93. The van der Waals surface area contributed by atoms with Gasteiger partial charge in [0, 0.05) is 19.1 Å². The van der Waals surface area contributed by atoms with Crippen LogP contribution in [0.2, 0.25) is 0 Å². The molecule has 3 heteroatoms. The Morgan fingerprint density at radius 3 is 2.54 bits per heavy atom. The van der Waals surface area contributed by atoms with Crippen LogP contribution in [0.4, 0.5) is 0 Å². The highest BCUT2D eigenvalue weighted by Crippen LogP contribution is 2.32. The number of hydrogen-bond acceptors (Lipinski definition) is 3. The average molecular weight is 331 g/mol. The van der Waals surface area contributed by atoms with Crippen molar-refractivity contribution in [3.05, 3.63) is 29.8 Å². The summed E-state index contributed by atoms with van der Waals surface area (Å²) in [5.41, 5.74) is 7.46. The van der Waals surface area contributed by atoms with Crippen molar-refractivity contribution >= 4 is 0 Å². The van der Waals surface area contributed by atoms with Crippen LogP contribution in [-0.2, 0) is 0 Å². The average Bonchev–Trinajstić information content (AvgIpc) is 2.60. The van der Waals surface area contributed by atoms with Crippen LogP contribution in [-0.4, -0.2) is 37.2 Å². The first-order chi connectivity index (χ1) is 11.7. The molecule has 24 heavy (non-hydrogen) atoms. The van der Waals surface area contributed by atoms with Gasteiger partial charge in [-0.2, -0.15) is 0 Å². The summed E-state index contributed by atoms with van der Waals surface area (Å²) in [7, 11) is 0. The lowest BCUT2D eigenvalue weighted by molar-refractivity contribution is 0.170. The molecule has 2 aliphatic rings. The Morgan fingerprint density at radius 2 is 1.83 bits per heavy atom. The molecule has 1 saturated heterocycles. The standard InChI is InChI=1S/C21H34N2O/c1-17-4-2-13-23(16-17)14-3-15-24-21-11-7-19(8-12-21)18-5-9-20(22)10-6-18/h7-8,11-12,17-18,20H,2-6,9-10,13-16,22H2,1H3/t17-,18?,20?/m0/s1. The van der Waals surface area contributed by atoms with Gasteiger partial charge in [-0.05, 0) is 81.0 Å². The minimum absolute atomic E-state index is 0.423. The maximum absolute atomic E-state index is 6.01. The Bertz CT molecular complexity index is 479. The van der Waals surface area contributed by atoms with Crippen molar-refractivity contribution in [2.24, 2.45) is 11.7 Å². The van der Waals surface area contributed by atoms with Gasteiger partial charge >= 0.3 is 0 Å². The monoisotopic (exact) mass is 330 g/mol. The molecule has 1 aliphatic carbocycles. The molecule has 1 saturated carbocycles. The zero-order chi connectivity index (χ0) is 16.8. The first kappa shape index (κ1) is 17.8. The van der Waals surface area contributed by atoms with Crippen molar-refractivity contribution < 1.29 is 4.74 Å². The fraction of sp³-hybridized carbons (Fsp3) is 0.714. The molecular formula is C21H34N2O. The van der Waals surface area contributed by atoms with Crippen LogP contribution in [0.1, 0.15) is 63.4 Å². The van der Waals surface area contributed by atoms with Gasteiger partial charge in [0.05, 0.1) is 6.61 Å². The molecule has 0 radical (unpaired) electrons. The lowest BCUT2D eigenvalue weighted by Crippen LogP contribution is -2.35. The van der Waals surface area contributed by atoms with E-state index < -0.39 is 0 Å².